The average molecular weight is 221 g/mol. The zero-order chi connectivity index (χ0) is 10.8. The van der Waals surface area contributed by atoms with E-state index >= 15 is 0 Å². The summed E-state index contributed by atoms with van der Waals surface area (Å²) in [5.74, 6) is 0. The molecular formula is C7H15N3O3S. The third-order valence-corrected chi connectivity index (χ3v) is 4.40. The quantitative estimate of drug-likeness (QED) is 0.631. The zero-order valence-electron chi connectivity index (χ0n) is 8.06. The minimum atomic E-state index is -3.20. The first-order valence-electron chi connectivity index (χ1n) is 4.44. The largest absolute Gasteiger partial charge is 0.351 e. The molecule has 1 heterocycles. The van der Waals surface area contributed by atoms with Crippen LogP contribution in [0.25, 0.3) is 0 Å². The second-order valence-electron chi connectivity index (χ2n) is 3.27. The van der Waals surface area contributed by atoms with Crippen LogP contribution in [0.4, 0.5) is 4.79 Å². The Bertz CT molecular complexity index is 306. The lowest BCUT2D eigenvalue weighted by molar-refractivity contribution is 0.196. The minimum Gasteiger partial charge on any atom is -0.351 e. The summed E-state index contributed by atoms with van der Waals surface area (Å²) in [6.45, 7) is 0.835. The number of amides is 2. The van der Waals surface area contributed by atoms with Crippen LogP contribution in [-0.2, 0) is 10.0 Å². The number of rotatable bonds is 2. The van der Waals surface area contributed by atoms with Crippen LogP contribution in [0.15, 0.2) is 0 Å². The lowest BCUT2D eigenvalue weighted by Crippen LogP contribution is -2.46. The van der Waals surface area contributed by atoms with E-state index in [4.69, 9.17) is 5.73 Å². The van der Waals surface area contributed by atoms with Gasteiger partial charge in [0.15, 0.2) is 0 Å². The number of sulfonamides is 1. The minimum absolute atomic E-state index is 0.400. The van der Waals surface area contributed by atoms with Crippen LogP contribution < -0.4 is 10.5 Å². The molecule has 1 aliphatic heterocycles. The summed E-state index contributed by atoms with van der Waals surface area (Å²) in [5.41, 5.74) is 5.08. The Kier molecular flexibility index (Phi) is 3.33. The van der Waals surface area contributed by atoms with Crippen molar-refractivity contribution >= 4 is 16.1 Å². The fraction of sp³-hybridized carbons (Fsp3) is 0.857. The van der Waals surface area contributed by atoms with E-state index < -0.39 is 21.3 Å². The van der Waals surface area contributed by atoms with Gasteiger partial charge < -0.3 is 10.6 Å². The first-order valence-corrected chi connectivity index (χ1v) is 5.98. The number of nitrogens with one attached hydrogen (secondary N) is 1. The highest BCUT2D eigenvalue weighted by Crippen LogP contribution is 2.16. The molecule has 0 saturated carbocycles. The van der Waals surface area contributed by atoms with Crippen molar-refractivity contribution in [2.45, 2.75) is 18.1 Å². The number of piperidine rings is 1. The van der Waals surface area contributed by atoms with Crippen molar-refractivity contribution in [1.29, 1.82) is 0 Å². The van der Waals surface area contributed by atoms with Crippen molar-refractivity contribution in [3.05, 3.63) is 0 Å². The Hall–Kier alpha value is -0.820. The highest BCUT2D eigenvalue weighted by molar-refractivity contribution is 7.90. The summed E-state index contributed by atoms with van der Waals surface area (Å²) in [4.78, 5) is 12.2. The molecule has 0 atom stereocenters. The number of nitrogens with two attached hydrogens (primary N) is 1. The van der Waals surface area contributed by atoms with Gasteiger partial charge in [-0.3, -0.25) is 0 Å². The number of nitrogens with zero attached hydrogens (tertiary/aromatic N) is 1. The molecule has 0 aromatic carbocycles. The first-order chi connectivity index (χ1) is 6.47. The molecule has 1 fully saturated rings. The van der Waals surface area contributed by atoms with Crippen molar-refractivity contribution in [1.82, 2.24) is 9.62 Å². The van der Waals surface area contributed by atoms with Crippen LogP contribution in [0, 0.1) is 0 Å². The molecule has 1 rings (SSSR count). The average Bonchev–Trinajstić information content (AvgIpc) is 2.18. The first kappa shape index (κ1) is 11.3. The van der Waals surface area contributed by atoms with Gasteiger partial charge in [-0.05, 0) is 19.9 Å². The van der Waals surface area contributed by atoms with Crippen molar-refractivity contribution < 1.29 is 13.2 Å². The smallest absolute Gasteiger partial charge is 0.314 e. The van der Waals surface area contributed by atoms with Crippen molar-refractivity contribution in [2.75, 3.05) is 20.1 Å². The molecule has 0 aromatic heterocycles. The topological polar surface area (TPSA) is 92.5 Å². The summed E-state index contributed by atoms with van der Waals surface area (Å²) >= 11 is 0. The van der Waals surface area contributed by atoms with Gasteiger partial charge in [0, 0.05) is 13.1 Å². The monoisotopic (exact) mass is 221 g/mol. The highest BCUT2D eigenvalue weighted by atomic mass is 32.2. The van der Waals surface area contributed by atoms with Gasteiger partial charge in [0.1, 0.15) is 0 Å². The standard InChI is InChI=1S/C7H15N3O3S/c1-9-14(12,13)6-2-4-10(5-3-6)7(8)11/h6,9H,2-5H2,1H3,(H2,8,11). The Labute approximate surface area is 83.5 Å². The van der Waals surface area contributed by atoms with Crippen LogP contribution in [-0.4, -0.2) is 44.7 Å². The summed E-state index contributed by atoms with van der Waals surface area (Å²) < 4.78 is 25.1. The molecule has 3 N–H and O–H groups in total. The number of urea groups is 1. The maximum Gasteiger partial charge on any atom is 0.314 e. The number of primary amides is 1. The molecule has 0 aromatic rings. The van der Waals surface area contributed by atoms with Gasteiger partial charge in [-0.15, -0.1) is 0 Å². The van der Waals surface area contributed by atoms with Gasteiger partial charge in [-0.25, -0.2) is 17.9 Å². The Balaban J connectivity index is 2.56. The molecule has 0 spiro atoms. The van der Waals surface area contributed by atoms with Gasteiger partial charge >= 0.3 is 6.03 Å². The van der Waals surface area contributed by atoms with Crippen LogP contribution in [0.1, 0.15) is 12.8 Å². The zero-order valence-corrected chi connectivity index (χ0v) is 8.88. The third-order valence-electron chi connectivity index (χ3n) is 2.48. The predicted octanol–water partition coefficient (Wildman–Crippen LogP) is -0.921. The second-order valence-corrected chi connectivity index (χ2v) is 5.44. The van der Waals surface area contributed by atoms with Crippen molar-refractivity contribution in [3.8, 4) is 0 Å². The molecular weight excluding hydrogens is 206 g/mol. The third kappa shape index (κ3) is 2.36. The number of carbonyl (C=O) groups is 1. The van der Waals surface area contributed by atoms with E-state index in [1.807, 2.05) is 0 Å². The summed E-state index contributed by atoms with van der Waals surface area (Å²) in [6, 6.07) is -0.481. The summed E-state index contributed by atoms with van der Waals surface area (Å²) in [5, 5.41) is -0.400. The molecule has 1 aliphatic rings. The van der Waals surface area contributed by atoms with E-state index in [9.17, 15) is 13.2 Å². The number of carbonyl (C=O) groups excluding carboxylic acids is 1. The molecule has 0 unspecified atom stereocenters. The fourth-order valence-electron chi connectivity index (χ4n) is 1.55. The maximum absolute atomic E-state index is 11.4. The van der Waals surface area contributed by atoms with E-state index in [0.717, 1.165) is 0 Å². The maximum atomic E-state index is 11.4. The molecule has 0 aliphatic carbocycles. The van der Waals surface area contributed by atoms with Crippen LogP contribution in [0.2, 0.25) is 0 Å². The van der Waals surface area contributed by atoms with Gasteiger partial charge in [-0.1, -0.05) is 0 Å². The number of hydrogen-bond acceptors (Lipinski definition) is 3. The lowest BCUT2D eigenvalue weighted by Gasteiger charge is -2.30. The molecule has 7 heteroatoms. The van der Waals surface area contributed by atoms with Crippen molar-refractivity contribution in [3.63, 3.8) is 0 Å². The number of hydrogen-bond donors (Lipinski definition) is 2. The van der Waals surface area contributed by atoms with E-state index in [1.165, 1.54) is 11.9 Å². The molecule has 6 nitrogen and oxygen atoms in total. The Morgan fingerprint density at radius 1 is 1.43 bits per heavy atom. The Morgan fingerprint density at radius 3 is 2.29 bits per heavy atom. The van der Waals surface area contributed by atoms with Gasteiger partial charge in [0.05, 0.1) is 5.25 Å². The summed E-state index contributed by atoms with van der Waals surface area (Å²) in [6.07, 6.45) is 0.901. The van der Waals surface area contributed by atoms with Crippen LogP contribution in [0.5, 0.6) is 0 Å². The molecule has 2 amide bonds. The van der Waals surface area contributed by atoms with Gasteiger partial charge in [0.25, 0.3) is 0 Å². The fourth-order valence-corrected chi connectivity index (χ4v) is 2.72. The van der Waals surface area contributed by atoms with Gasteiger partial charge in [0.2, 0.25) is 10.0 Å². The molecule has 0 bridgehead atoms. The molecule has 14 heavy (non-hydrogen) atoms. The van der Waals surface area contributed by atoms with E-state index in [0.29, 0.717) is 25.9 Å². The van der Waals surface area contributed by atoms with E-state index in [1.54, 1.807) is 0 Å². The predicted molar refractivity (Wildman–Crippen MR) is 52.2 cm³/mol. The van der Waals surface area contributed by atoms with Gasteiger partial charge in [-0.2, -0.15) is 0 Å². The molecule has 82 valence electrons. The molecule has 0 radical (unpaired) electrons. The lowest BCUT2D eigenvalue weighted by atomic mass is 10.1. The van der Waals surface area contributed by atoms with E-state index in [2.05, 4.69) is 4.72 Å². The highest BCUT2D eigenvalue weighted by Gasteiger charge is 2.29. The van der Waals surface area contributed by atoms with Crippen LogP contribution in [0.3, 0.4) is 0 Å². The van der Waals surface area contributed by atoms with Crippen LogP contribution >= 0.6 is 0 Å². The second kappa shape index (κ2) is 4.14. The normalized spacial score (nSPS) is 19.6. The summed E-state index contributed by atoms with van der Waals surface area (Å²) in [7, 11) is -1.80. The van der Waals surface area contributed by atoms with E-state index in [-0.39, 0.29) is 0 Å². The Morgan fingerprint density at radius 2 is 1.93 bits per heavy atom. The van der Waals surface area contributed by atoms with Crippen molar-refractivity contribution in [2.24, 2.45) is 5.73 Å². The SMILES string of the molecule is CNS(=O)(=O)C1CCN(C(N)=O)CC1. The number of likely N-dealkylation sites (tertiary alicyclic amines) is 1. The molecule has 1 saturated heterocycles.